The van der Waals surface area contributed by atoms with Gasteiger partial charge in [0.2, 0.25) is 5.91 Å². The van der Waals surface area contributed by atoms with Gasteiger partial charge in [0, 0.05) is 18.2 Å². The molecule has 3 N–H and O–H groups in total. The van der Waals surface area contributed by atoms with E-state index >= 15 is 0 Å². The monoisotopic (exact) mass is 277 g/mol. The molecule has 0 saturated heterocycles. The van der Waals surface area contributed by atoms with Crippen LogP contribution in [0.4, 0.5) is 0 Å². The number of benzene rings is 1. The van der Waals surface area contributed by atoms with Crippen LogP contribution in [0.2, 0.25) is 0 Å². The van der Waals surface area contributed by atoms with Gasteiger partial charge in [-0.05, 0) is 25.5 Å². The first-order chi connectivity index (χ1) is 9.06. The van der Waals surface area contributed by atoms with Gasteiger partial charge >= 0.3 is 0 Å². The highest BCUT2D eigenvalue weighted by atomic mass is 32.1. The molecule has 1 aliphatic rings. The highest BCUT2D eigenvalue weighted by Crippen LogP contribution is 2.18. The number of thiocarbonyl (C=S) groups is 1. The number of hydrogen-bond donors (Lipinski definition) is 2. The van der Waals surface area contributed by atoms with E-state index in [-0.39, 0.29) is 5.91 Å². The van der Waals surface area contributed by atoms with Crippen molar-refractivity contribution in [2.45, 2.75) is 25.4 Å². The lowest BCUT2D eigenvalue weighted by atomic mass is 10.1. The van der Waals surface area contributed by atoms with Crippen LogP contribution in [0.1, 0.15) is 24.0 Å². The molecule has 1 aromatic carbocycles. The Labute approximate surface area is 119 Å². The van der Waals surface area contributed by atoms with Crippen molar-refractivity contribution in [3.05, 3.63) is 35.4 Å². The highest BCUT2D eigenvalue weighted by Gasteiger charge is 2.23. The summed E-state index contributed by atoms with van der Waals surface area (Å²) in [5.41, 5.74) is 7.63. The van der Waals surface area contributed by atoms with Crippen LogP contribution in [-0.2, 0) is 11.3 Å². The second-order valence-electron chi connectivity index (χ2n) is 5.04. The number of nitrogens with one attached hydrogen (secondary N) is 1. The van der Waals surface area contributed by atoms with E-state index in [0.29, 0.717) is 24.1 Å². The maximum absolute atomic E-state index is 11.7. The predicted molar refractivity (Wildman–Crippen MR) is 79.8 cm³/mol. The van der Waals surface area contributed by atoms with Crippen LogP contribution >= 0.6 is 12.2 Å². The smallest absolute Gasteiger partial charge is 0.234 e. The summed E-state index contributed by atoms with van der Waals surface area (Å²) in [5.74, 6) is 0.0813. The number of nitrogens with two attached hydrogens (primary N) is 1. The summed E-state index contributed by atoms with van der Waals surface area (Å²) < 4.78 is 0. The van der Waals surface area contributed by atoms with E-state index in [1.807, 2.05) is 36.2 Å². The first-order valence-corrected chi connectivity index (χ1v) is 6.82. The molecule has 5 heteroatoms. The van der Waals surface area contributed by atoms with Crippen molar-refractivity contribution < 1.29 is 4.79 Å². The first kappa shape index (κ1) is 14.0. The molecule has 1 fully saturated rings. The molecule has 0 spiro atoms. The molecule has 1 aliphatic carbocycles. The minimum Gasteiger partial charge on any atom is -0.389 e. The zero-order valence-electron chi connectivity index (χ0n) is 11.1. The molecule has 0 unspecified atom stereocenters. The highest BCUT2D eigenvalue weighted by molar-refractivity contribution is 7.80. The molecule has 102 valence electrons. The van der Waals surface area contributed by atoms with Crippen LogP contribution in [0.5, 0.6) is 0 Å². The summed E-state index contributed by atoms with van der Waals surface area (Å²) in [4.78, 5) is 14.1. The van der Waals surface area contributed by atoms with Crippen molar-refractivity contribution in [3.63, 3.8) is 0 Å². The lowest BCUT2D eigenvalue weighted by Gasteiger charge is -2.18. The van der Waals surface area contributed by atoms with Crippen molar-refractivity contribution in [3.8, 4) is 0 Å². The molecule has 1 amide bonds. The van der Waals surface area contributed by atoms with Gasteiger partial charge < -0.3 is 11.1 Å². The Bertz CT molecular complexity index is 485. The molecule has 2 rings (SSSR count). The number of nitrogens with zero attached hydrogens (tertiary/aromatic N) is 1. The van der Waals surface area contributed by atoms with E-state index in [0.717, 1.165) is 24.0 Å². The van der Waals surface area contributed by atoms with Gasteiger partial charge in [-0.2, -0.15) is 0 Å². The van der Waals surface area contributed by atoms with Gasteiger partial charge in [-0.15, -0.1) is 0 Å². The van der Waals surface area contributed by atoms with E-state index in [1.54, 1.807) is 0 Å². The third-order valence-electron chi connectivity index (χ3n) is 3.08. The van der Waals surface area contributed by atoms with Gasteiger partial charge in [-0.1, -0.05) is 36.5 Å². The fourth-order valence-electron chi connectivity index (χ4n) is 1.99. The Hall–Kier alpha value is -1.46. The van der Waals surface area contributed by atoms with Crippen LogP contribution in [0.25, 0.3) is 0 Å². The number of amides is 1. The molecule has 0 aromatic heterocycles. The number of carbonyl (C=O) groups is 1. The van der Waals surface area contributed by atoms with Crippen LogP contribution in [0.15, 0.2) is 24.3 Å². The molecule has 1 aromatic rings. The zero-order chi connectivity index (χ0) is 13.8. The van der Waals surface area contributed by atoms with Gasteiger partial charge in [0.15, 0.2) is 0 Å². The van der Waals surface area contributed by atoms with E-state index in [4.69, 9.17) is 18.0 Å². The molecule has 0 bridgehead atoms. The van der Waals surface area contributed by atoms with Crippen LogP contribution in [0.3, 0.4) is 0 Å². The Morgan fingerprint density at radius 2 is 2.16 bits per heavy atom. The van der Waals surface area contributed by atoms with Crippen molar-refractivity contribution in [2.24, 2.45) is 5.73 Å². The Morgan fingerprint density at radius 3 is 2.79 bits per heavy atom. The summed E-state index contributed by atoms with van der Waals surface area (Å²) in [6, 6.07) is 8.18. The first-order valence-electron chi connectivity index (χ1n) is 6.42. The van der Waals surface area contributed by atoms with Gasteiger partial charge in [-0.3, -0.25) is 9.69 Å². The second kappa shape index (κ2) is 6.12. The Balaban J connectivity index is 1.92. The van der Waals surface area contributed by atoms with Crippen molar-refractivity contribution in [1.29, 1.82) is 0 Å². The average molecular weight is 277 g/mol. The summed E-state index contributed by atoms with van der Waals surface area (Å²) >= 11 is 5.04. The van der Waals surface area contributed by atoms with Crippen LogP contribution in [0, 0.1) is 0 Å². The Kier molecular flexibility index (Phi) is 4.50. The molecule has 0 heterocycles. The van der Waals surface area contributed by atoms with Crippen molar-refractivity contribution in [1.82, 2.24) is 10.2 Å². The topological polar surface area (TPSA) is 58.4 Å². The summed E-state index contributed by atoms with van der Waals surface area (Å²) in [6.45, 7) is 1.05. The normalized spacial score (nSPS) is 14.4. The maximum Gasteiger partial charge on any atom is 0.234 e. The summed E-state index contributed by atoms with van der Waals surface area (Å²) in [7, 11) is 1.92. The third kappa shape index (κ3) is 4.29. The van der Waals surface area contributed by atoms with E-state index in [2.05, 4.69) is 5.32 Å². The van der Waals surface area contributed by atoms with Gasteiger partial charge in [-0.25, -0.2) is 0 Å². The van der Waals surface area contributed by atoms with Crippen molar-refractivity contribution >= 4 is 23.1 Å². The van der Waals surface area contributed by atoms with E-state index in [9.17, 15) is 4.79 Å². The van der Waals surface area contributed by atoms with E-state index in [1.165, 1.54) is 0 Å². The zero-order valence-corrected chi connectivity index (χ0v) is 11.9. The Morgan fingerprint density at radius 1 is 1.47 bits per heavy atom. The molecule has 0 radical (unpaired) electrons. The summed E-state index contributed by atoms with van der Waals surface area (Å²) in [5, 5.41) is 2.98. The predicted octanol–water partition coefficient (Wildman–Crippen LogP) is 1.03. The third-order valence-corrected chi connectivity index (χ3v) is 3.30. The van der Waals surface area contributed by atoms with E-state index < -0.39 is 0 Å². The number of likely N-dealkylation sites (N-methyl/N-ethyl adjacent to an activating group) is 1. The van der Waals surface area contributed by atoms with Gasteiger partial charge in [0.1, 0.15) is 4.99 Å². The minimum absolute atomic E-state index is 0.0813. The molecule has 4 nitrogen and oxygen atoms in total. The molecule has 0 aliphatic heterocycles. The molecule has 1 saturated carbocycles. The lowest BCUT2D eigenvalue weighted by Crippen LogP contribution is -2.36. The number of rotatable bonds is 6. The quantitative estimate of drug-likeness (QED) is 0.763. The van der Waals surface area contributed by atoms with Crippen LogP contribution in [-0.4, -0.2) is 35.4 Å². The molecular formula is C14H19N3OS. The lowest BCUT2D eigenvalue weighted by molar-refractivity contribution is -0.122. The summed E-state index contributed by atoms with van der Waals surface area (Å²) in [6.07, 6.45) is 2.22. The maximum atomic E-state index is 11.7. The second-order valence-corrected chi connectivity index (χ2v) is 5.48. The largest absolute Gasteiger partial charge is 0.389 e. The van der Waals surface area contributed by atoms with Crippen LogP contribution < -0.4 is 11.1 Å². The minimum atomic E-state index is 0.0813. The number of hydrogen-bond acceptors (Lipinski definition) is 3. The fraction of sp³-hybridized carbons (Fsp3) is 0.429. The fourth-order valence-corrected chi connectivity index (χ4v) is 2.19. The molecular weight excluding hydrogens is 258 g/mol. The SMILES string of the molecule is CN(CC(=O)NC1CC1)Cc1ccccc1C(N)=S. The number of carbonyl (C=O) groups excluding carboxylic acids is 1. The standard InChI is InChI=1S/C14H19N3OS/c1-17(9-13(18)16-11-6-7-11)8-10-4-2-3-5-12(10)14(15)19/h2-5,11H,6-9H2,1H3,(H2,15,19)(H,16,18). The molecule has 0 atom stereocenters. The van der Waals surface area contributed by atoms with Gasteiger partial charge in [0.25, 0.3) is 0 Å². The van der Waals surface area contributed by atoms with Crippen molar-refractivity contribution in [2.75, 3.05) is 13.6 Å². The molecule has 19 heavy (non-hydrogen) atoms. The van der Waals surface area contributed by atoms with Gasteiger partial charge in [0.05, 0.1) is 6.54 Å². The average Bonchev–Trinajstić information content (AvgIpc) is 3.12.